The molecule has 2 aromatic rings. The Morgan fingerprint density at radius 2 is 1.18 bits per heavy atom. The summed E-state index contributed by atoms with van der Waals surface area (Å²) < 4.78 is 24.9. The molecule has 0 aliphatic carbocycles. The number of carbonyl (C=O) groups is 2. The molecule has 0 bridgehead atoms. The Morgan fingerprint density at radius 1 is 0.786 bits per heavy atom. The third-order valence-electron chi connectivity index (χ3n) is 4.59. The minimum Gasteiger partial charge on any atom is -0.335 e. The standard InChI is InChI=1S/C20H23N3O4S/c1-15-3-5-16(6-4-15)19(24)22-11-13-23(14-12-22)20(25)17-7-9-18(10-8-17)21-28(2,26)27/h3-10,21H,11-14H2,1-2H3. The molecule has 1 aliphatic rings. The molecule has 1 heterocycles. The molecule has 1 fully saturated rings. The summed E-state index contributed by atoms with van der Waals surface area (Å²) >= 11 is 0. The fraction of sp³-hybridized carbons (Fsp3) is 0.300. The van der Waals surface area contributed by atoms with Gasteiger partial charge in [0.15, 0.2) is 0 Å². The van der Waals surface area contributed by atoms with Crippen LogP contribution in [-0.2, 0) is 10.0 Å². The number of hydrogen-bond acceptors (Lipinski definition) is 4. The highest BCUT2D eigenvalue weighted by Crippen LogP contribution is 2.15. The number of aryl methyl sites for hydroxylation is 1. The number of amides is 2. The van der Waals surface area contributed by atoms with Gasteiger partial charge in [-0.15, -0.1) is 0 Å². The van der Waals surface area contributed by atoms with E-state index in [0.29, 0.717) is 43.0 Å². The van der Waals surface area contributed by atoms with E-state index in [4.69, 9.17) is 0 Å². The van der Waals surface area contributed by atoms with Crippen molar-refractivity contribution >= 4 is 27.5 Å². The molecule has 7 nitrogen and oxygen atoms in total. The van der Waals surface area contributed by atoms with Crippen LogP contribution >= 0.6 is 0 Å². The van der Waals surface area contributed by atoms with Crippen LogP contribution in [0.4, 0.5) is 5.69 Å². The van der Waals surface area contributed by atoms with Crippen LogP contribution in [0.25, 0.3) is 0 Å². The first-order valence-electron chi connectivity index (χ1n) is 8.96. The van der Waals surface area contributed by atoms with Gasteiger partial charge in [0, 0.05) is 43.0 Å². The Bertz CT molecular complexity index is 962. The zero-order chi connectivity index (χ0) is 20.3. The highest BCUT2D eigenvalue weighted by atomic mass is 32.2. The van der Waals surface area contributed by atoms with Crippen LogP contribution in [0, 0.1) is 6.92 Å². The molecule has 0 spiro atoms. The first kappa shape index (κ1) is 19.9. The van der Waals surface area contributed by atoms with Crippen LogP contribution in [0.5, 0.6) is 0 Å². The van der Waals surface area contributed by atoms with Crippen LogP contribution in [0.2, 0.25) is 0 Å². The molecule has 0 saturated carbocycles. The van der Waals surface area contributed by atoms with Gasteiger partial charge in [0.1, 0.15) is 0 Å². The smallest absolute Gasteiger partial charge is 0.253 e. The van der Waals surface area contributed by atoms with Gasteiger partial charge in [-0.25, -0.2) is 8.42 Å². The van der Waals surface area contributed by atoms with Crippen LogP contribution in [0.3, 0.4) is 0 Å². The first-order valence-corrected chi connectivity index (χ1v) is 10.9. The second-order valence-corrected chi connectivity index (χ2v) is 8.65. The van der Waals surface area contributed by atoms with Gasteiger partial charge in [-0.3, -0.25) is 14.3 Å². The summed E-state index contributed by atoms with van der Waals surface area (Å²) in [6.07, 6.45) is 1.07. The molecule has 1 aliphatic heterocycles. The van der Waals surface area contributed by atoms with Gasteiger partial charge in [0.05, 0.1) is 6.26 Å². The topological polar surface area (TPSA) is 86.8 Å². The summed E-state index contributed by atoms with van der Waals surface area (Å²) in [5.74, 6) is -0.156. The van der Waals surface area contributed by atoms with Gasteiger partial charge in [0.2, 0.25) is 10.0 Å². The number of rotatable bonds is 4. The van der Waals surface area contributed by atoms with Crippen LogP contribution in [-0.4, -0.2) is 62.5 Å². The van der Waals surface area contributed by atoms with Crippen molar-refractivity contribution < 1.29 is 18.0 Å². The summed E-state index contributed by atoms with van der Waals surface area (Å²) in [4.78, 5) is 28.7. The number of anilines is 1. The maximum atomic E-state index is 12.7. The molecule has 8 heteroatoms. The van der Waals surface area contributed by atoms with E-state index < -0.39 is 10.0 Å². The molecular formula is C20H23N3O4S. The normalized spacial score (nSPS) is 14.6. The zero-order valence-electron chi connectivity index (χ0n) is 15.9. The predicted octanol–water partition coefficient (Wildman–Crippen LogP) is 1.96. The number of nitrogens with one attached hydrogen (secondary N) is 1. The lowest BCUT2D eigenvalue weighted by Gasteiger charge is -2.35. The van der Waals surface area contributed by atoms with E-state index in [0.717, 1.165) is 11.8 Å². The average Bonchev–Trinajstić information content (AvgIpc) is 2.67. The molecule has 2 amide bonds. The molecule has 1 saturated heterocycles. The number of hydrogen-bond donors (Lipinski definition) is 1. The molecule has 3 rings (SSSR count). The maximum Gasteiger partial charge on any atom is 0.253 e. The van der Waals surface area contributed by atoms with Crippen molar-refractivity contribution in [2.24, 2.45) is 0 Å². The van der Waals surface area contributed by atoms with E-state index in [2.05, 4.69) is 4.72 Å². The molecule has 1 N–H and O–H groups in total. The van der Waals surface area contributed by atoms with E-state index >= 15 is 0 Å². The van der Waals surface area contributed by atoms with Gasteiger partial charge in [-0.2, -0.15) is 0 Å². The molecule has 28 heavy (non-hydrogen) atoms. The zero-order valence-corrected chi connectivity index (χ0v) is 16.7. The Hall–Kier alpha value is -2.87. The minimum absolute atomic E-state index is 0.0247. The lowest BCUT2D eigenvalue weighted by atomic mass is 10.1. The largest absolute Gasteiger partial charge is 0.335 e. The van der Waals surface area contributed by atoms with E-state index in [9.17, 15) is 18.0 Å². The van der Waals surface area contributed by atoms with Crippen molar-refractivity contribution in [1.82, 2.24) is 9.80 Å². The fourth-order valence-corrected chi connectivity index (χ4v) is 3.63. The van der Waals surface area contributed by atoms with Crippen molar-refractivity contribution in [1.29, 1.82) is 0 Å². The Kier molecular flexibility index (Phi) is 5.69. The predicted molar refractivity (Wildman–Crippen MR) is 108 cm³/mol. The lowest BCUT2D eigenvalue weighted by molar-refractivity contribution is 0.0535. The average molecular weight is 401 g/mol. The highest BCUT2D eigenvalue weighted by molar-refractivity contribution is 7.92. The summed E-state index contributed by atoms with van der Waals surface area (Å²) in [7, 11) is -3.35. The number of benzene rings is 2. The van der Waals surface area contributed by atoms with Crippen LogP contribution in [0.15, 0.2) is 48.5 Å². The number of nitrogens with zero attached hydrogens (tertiary/aromatic N) is 2. The van der Waals surface area contributed by atoms with Crippen LogP contribution < -0.4 is 4.72 Å². The number of sulfonamides is 1. The molecule has 2 aromatic carbocycles. The molecule has 0 radical (unpaired) electrons. The molecule has 0 atom stereocenters. The number of carbonyl (C=O) groups excluding carboxylic acids is 2. The van der Waals surface area contributed by atoms with Crippen molar-refractivity contribution in [3.63, 3.8) is 0 Å². The second-order valence-electron chi connectivity index (χ2n) is 6.90. The summed E-state index contributed by atoms with van der Waals surface area (Å²) in [5.41, 5.74) is 2.65. The third kappa shape index (κ3) is 4.89. The van der Waals surface area contributed by atoms with E-state index in [-0.39, 0.29) is 11.8 Å². The molecule has 148 valence electrons. The molecular weight excluding hydrogens is 378 g/mol. The van der Waals surface area contributed by atoms with E-state index in [1.165, 1.54) is 0 Å². The maximum absolute atomic E-state index is 12.7. The van der Waals surface area contributed by atoms with Crippen molar-refractivity contribution in [2.75, 3.05) is 37.2 Å². The molecule has 0 unspecified atom stereocenters. The van der Waals surface area contributed by atoms with Gasteiger partial charge in [0.25, 0.3) is 11.8 Å². The van der Waals surface area contributed by atoms with Gasteiger partial charge in [-0.05, 0) is 43.3 Å². The fourth-order valence-electron chi connectivity index (χ4n) is 3.07. The summed E-state index contributed by atoms with van der Waals surface area (Å²) in [6, 6.07) is 13.8. The number of piperazine rings is 1. The SMILES string of the molecule is Cc1ccc(C(=O)N2CCN(C(=O)c3ccc(NS(C)(=O)=O)cc3)CC2)cc1. The Labute approximate surface area is 165 Å². The first-order chi connectivity index (χ1) is 13.2. The second kappa shape index (κ2) is 8.02. The van der Waals surface area contributed by atoms with Crippen molar-refractivity contribution in [3.8, 4) is 0 Å². The Balaban J connectivity index is 1.59. The van der Waals surface area contributed by atoms with E-state index in [1.54, 1.807) is 34.1 Å². The summed E-state index contributed by atoms with van der Waals surface area (Å²) in [5, 5.41) is 0. The van der Waals surface area contributed by atoms with Crippen molar-refractivity contribution in [2.45, 2.75) is 6.92 Å². The van der Waals surface area contributed by atoms with Crippen molar-refractivity contribution in [3.05, 3.63) is 65.2 Å². The lowest BCUT2D eigenvalue weighted by Crippen LogP contribution is -2.50. The van der Waals surface area contributed by atoms with Gasteiger partial charge >= 0.3 is 0 Å². The quantitative estimate of drug-likeness (QED) is 0.849. The van der Waals surface area contributed by atoms with Gasteiger partial charge in [-0.1, -0.05) is 17.7 Å². The minimum atomic E-state index is -3.35. The van der Waals surface area contributed by atoms with E-state index in [1.807, 2.05) is 31.2 Å². The highest BCUT2D eigenvalue weighted by Gasteiger charge is 2.25. The van der Waals surface area contributed by atoms with Crippen LogP contribution in [0.1, 0.15) is 26.3 Å². The Morgan fingerprint density at radius 3 is 1.57 bits per heavy atom. The summed E-state index contributed by atoms with van der Waals surface area (Å²) in [6.45, 7) is 3.85. The van der Waals surface area contributed by atoms with Gasteiger partial charge < -0.3 is 9.80 Å². The third-order valence-corrected chi connectivity index (χ3v) is 5.19. The monoisotopic (exact) mass is 401 g/mol. The molecule has 0 aromatic heterocycles.